The summed E-state index contributed by atoms with van der Waals surface area (Å²) in [4.78, 5) is 25.5. The van der Waals surface area contributed by atoms with Gasteiger partial charge in [0, 0.05) is 13.0 Å². The Kier molecular flexibility index (Phi) is 5.16. The summed E-state index contributed by atoms with van der Waals surface area (Å²) in [6.45, 7) is 2.37. The van der Waals surface area contributed by atoms with Crippen molar-refractivity contribution in [2.45, 2.75) is 19.4 Å². The normalized spacial score (nSPS) is 17.4. The highest BCUT2D eigenvalue weighted by Crippen LogP contribution is 2.39. The van der Waals surface area contributed by atoms with Gasteiger partial charge in [-0.25, -0.2) is 9.80 Å². The van der Waals surface area contributed by atoms with Crippen LogP contribution in [0.1, 0.15) is 29.8 Å². The summed E-state index contributed by atoms with van der Waals surface area (Å²) in [6, 6.07) is 8.95. The molecule has 28 heavy (non-hydrogen) atoms. The average molecular weight is 400 g/mol. The minimum absolute atomic E-state index is 0.131. The number of nitrogens with one attached hydrogen (secondary N) is 2. The average Bonchev–Trinajstić information content (AvgIpc) is 3.45. The number of hydrogen-bond donors (Lipinski definition) is 2. The highest BCUT2D eigenvalue weighted by atomic mass is 32.1. The predicted octanol–water partition coefficient (Wildman–Crippen LogP) is 2.47. The highest BCUT2D eigenvalue weighted by Gasteiger charge is 2.34. The molecule has 2 N–H and O–H groups in total. The molecule has 0 spiro atoms. The number of urea groups is 1. The molecule has 1 aromatic heterocycles. The van der Waals surface area contributed by atoms with Gasteiger partial charge in [-0.05, 0) is 36.1 Å². The van der Waals surface area contributed by atoms with Crippen LogP contribution in [0.15, 0.2) is 40.8 Å². The van der Waals surface area contributed by atoms with E-state index in [9.17, 15) is 9.59 Å². The zero-order valence-electron chi connectivity index (χ0n) is 15.3. The van der Waals surface area contributed by atoms with E-state index >= 15 is 0 Å². The van der Waals surface area contributed by atoms with Gasteiger partial charge < -0.3 is 20.1 Å². The Labute approximate surface area is 166 Å². The van der Waals surface area contributed by atoms with Crippen molar-refractivity contribution >= 4 is 29.0 Å². The first-order chi connectivity index (χ1) is 13.7. The van der Waals surface area contributed by atoms with Gasteiger partial charge in [-0.3, -0.25) is 4.79 Å². The lowest BCUT2D eigenvalue weighted by molar-refractivity contribution is -0.131. The largest absolute Gasteiger partial charge is 0.454 e. The molecule has 2 aliphatic rings. The summed E-state index contributed by atoms with van der Waals surface area (Å²) in [5.74, 6) is 1.08. The van der Waals surface area contributed by atoms with Gasteiger partial charge in [-0.15, -0.1) is 11.3 Å². The molecule has 4 rings (SSSR count). The molecule has 0 saturated carbocycles. The van der Waals surface area contributed by atoms with Crippen LogP contribution in [0, 0.1) is 0 Å². The van der Waals surface area contributed by atoms with Crippen molar-refractivity contribution in [3.05, 3.63) is 46.2 Å². The van der Waals surface area contributed by atoms with Gasteiger partial charge in [-0.2, -0.15) is 5.10 Å². The Bertz CT molecular complexity index is 913. The maximum absolute atomic E-state index is 12.8. The molecule has 0 bridgehead atoms. The number of benzene rings is 1. The third kappa shape index (κ3) is 3.65. The van der Waals surface area contributed by atoms with Crippen LogP contribution in [0.2, 0.25) is 0 Å². The van der Waals surface area contributed by atoms with E-state index in [0.29, 0.717) is 24.5 Å². The SMILES string of the molecule is CCNC(=O)NCC(=O)N1N=C(c2cccs2)C[C@@H]1c1ccc2c(c1)OCO2. The summed E-state index contributed by atoms with van der Waals surface area (Å²) >= 11 is 1.58. The summed E-state index contributed by atoms with van der Waals surface area (Å²) < 4.78 is 10.8. The van der Waals surface area contributed by atoms with Crippen LogP contribution in [0.25, 0.3) is 0 Å². The zero-order chi connectivity index (χ0) is 19.5. The van der Waals surface area contributed by atoms with Crippen molar-refractivity contribution in [2.24, 2.45) is 5.10 Å². The van der Waals surface area contributed by atoms with Gasteiger partial charge in [-0.1, -0.05) is 12.1 Å². The topological polar surface area (TPSA) is 92.3 Å². The van der Waals surface area contributed by atoms with Crippen molar-refractivity contribution in [2.75, 3.05) is 19.9 Å². The van der Waals surface area contributed by atoms with Crippen molar-refractivity contribution < 1.29 is 19.1 Å². The molecule has 146 valence electrons. The molecule has 1 aromatic carbocycles. The Hall–Kier alpha value is -3.07. The lowest BCUT2D eigenvalue weighted by Gasteiger charge is -2.22. The number of thiophene rings is 1. The second-order valence-corrected chi connectivity index (χ2v) is 7.26. The smallest absolute Gasteiger partial charge is 0.315 e. The van der Waals surface area contributed by atoms with Crippen LogP contribution >= 0.6 is 11.3 Å². The Morgan fingerprint density at radius 1 is 1.25 bits per heavy atom. The maximum atomic E-state index is 12.8. The second-order valence-electron chi connectivity index (χ2n) is 6.31. The van der Waals surface area contributed by atoms with Gasteiger partial charge in [0.1, 0.15) is 6.54 Å². The molecular formula is C19H20N4O4S. The van der Waals surface area contributed by atoms with Crippen LogP contribution in [0.5, 0.6) is 11.5 Å². The molecule has 0 saturated heterocycles. The van der Waals surface area contributed by atoms with Crippen molar-refractivity contribution in [3.63, 3.8) is 0 Å². The summed E-state index contributed by atoms with van der Waals surface area (Å²) in [6.07, 6.45) is 0.590. The van der Waals surface area contributed by atoms with Gasteiger partial charge in [0.25, 0.3) is 5.91 Å². The number of fused-ring (bicyclic) bond motifs is 1. The third-order valence-electron chi connectivity index (χ3n) is 4.49. The quantitative estimate of drug-likeness (QED) is 0.807. The van der Waals surface area contributed by atoms with Gasteiger partial charge >= 0.3 is 6.03 Å². The summed E-state index contributed by atoms with van der Waals surface area (Å²) in [5, 5.41) is 13.2. The van der Waals surface area contributed by atoms with E-state index in [1.807, 2.05) is 42.6 Å². The number of rotatable bonds is 5. The zero-order valence-corrected chi connectivity index (χ0v) is 16.1. The maximum Gasteiger partial charge on any atom is 0.315 e. The van der Waals surface area contributed by atoms with E-state index in [1.165, 1.54) is 5.01 Å². The van der Waals surface area contributed by atoms with Crippen LogP contribution < -0.4 is 20.1 Å². The summed E-state index contributed by atoms with van der Waals surface area (Å²) in [7, 11) is 0. The number of hydrogen-bond acceptors (Lipinski definition) is 6. The standard InChI is InChI=1S/C19H20N4O4S/c1-2-20-19(25)21-10-18(24)23-14(9-13(22-23)17-4-3-7-28-17)12-5-6-15-16(8-12)27-11-26-15/h3-8,14H,2,9-11H2,1H3,(H2,20,21,25)/t14-/m1/s1. The molecule has 8 nitrogen and oxygen atoms in total. The first kappa shape index (κ1) is 18.3. The fourth-order valence-corrected chi connectivity index (χ4v) is 3.89. The van der Waals surface area contributed by atoms with Gasteiger partial charge in [0.2, 0.25) is 6.79 Å². The van der Waals surface area contributed by atoms with Crippen molar-refractivity contribution in [3.8, 4) is 11.5 Å². The summed E-state index contributed by atoms with van der Waals surface area (Å²) in [5.41, 5.74) is 1.76. The lowest BCUT2D eigenvalue weighted by Crippen LogP contribution is -2.42. The molecule has 1 atom stereocenters. The van der Waals surface area contributed by atoms with E-state index in [4.69, 9.17) is 9.47 Å². The van der Waals surface area contributed by atoms with E-state index in [1.54, 1.807) is 11.3 Å². The number of ether oxygens (including phenoxy) is 2. The van der Waals surface area contributed by atoms with Crippen LogP contribution in [-0.2, 0) is 4.79 Å². The van der Waals surface area contributed by atoms with Gasteiger partial charge in [0.05, 0.1) is 16.6 Å². The Balaban J connectivity index is 1.57. The predicted molar refractivity (Wildman–Crippen MR) is 105 cm³/mol. The number of nitrogens with zero attached hydrogens (tertiary/aromatic N) is 2. The first-order valence-corrected chi connectivity index (χ1v) is 9.88. The highest BCUT2D eigenvalue weighted by molar-refractivity contribution is 7.12. The molecule has 9 heteroatoms. The Morgan fingerprint density at radius 2 is 2.11 bits per heavy atom. The number of amides is 3. The molecule has 0 radical (unpaired) electrons. The molecule has 2 aromatic rings. The first-order valence-electron chi connectivity index (χ1n) is 9.00. The van der Waals surface area contributed by atoms with Crippen molar-refractivity contribution in [1.29, 1.82) is 0 Å². The second kappa shape index (κ2) is 7.89. The molecule has 3 amide bonds. The number of carbonyl (C=O) groups is 2. The van der Waals surface area contributed by atoms with Crippen LogP contribution in [0.4, 0.5) is 4.79 Å². The number of carbonyl (C=O) groups excluding carboxylic acids is 2. The monoisotopic (exact) mass is 400 g/mol. The molecule has 0 fully saturated rings. The van der Waals surface area contributed by atoms with E-state index < -0.39 is 0 Å². The molecule has 0 aliphatic carbocycles. The van der Waals surface area contributed by atoms with Crippen LogP contribution in [-0.4, -0.2) is 42.5 Å². The molecule has 2 aliphatic heterocycles. The molecule has 3 heterocycles. The van der Waals surface area contributed by atoms with E-state index in [0.717, 1.165) is 16.2 Å². The molecule has 0 unspecified atom stereocenters. The lowest BCUT2D eigenvalue weighted by atomic mass is 10.0. The molecular weight excluding hydrogens is 380 g/mol. The minimum Gasteiger partial charge on any atom is -0.454 e. The third-order valence-corrected chi connectivity index (χ3v) is 5.41. The van der Waals surface area contributed by atoms with Crippen LogP contribution in [0.3, 0.4) is 0 Å². The fourth-order valence-electron chi connectivity index (χ4n) is 3.17. The number of hydrazone groups is 1. The van der Waals surface area contributed by atoms with E-state index in [-0.39, 0.29) is 31.3 Å². The Morgan fingerprint density at radius 3 is 2.89 bits per heavy atom. The fraction of sp³-hybridized carbons (Fsp3) is 0.316. The van der Waals surface area contributed by atoms with E-state index in [2.05, 4.69) is 15.7 Å². The minimum atomic E-state index is -0.378. The van der Waals surface area contributed by atoms with Crippen molar-refractivity contribution in [1.82, 2.24) is 15.6 Å². The van der Waals surface area contributed by atoms with Gasteiger partial charge in [0.15, 0.2) is 11.5 Å².